The first kappa shape index (κ1) is 26.0. The molecular weight excluding hydrogens is 532 g/mol. The minimum atomic E-state index is -0.195. The van der Waals surface area contributed by atoms with Crippen LogP contribution in [0.3, 0.4) is 0 Å². The van der Waals surface area contributed by atoms with E-state index in [1.807, 2.05) is 0 Å². The molecule has 0 aromatic heterocycles. The van der Waals surface area contributed by atoms with Crippen molar-refractivity contribution in [2.75, 3.05) is 4.90 Å². The highest BCUT2D eigenvalue weighted by Gasteiger charge is 2.74. The van der Waals surface area contributed by atoms with Crippen LogP contribution in [0.25, 0.3) is 0 Å². The molecule has 2 heteroatoms. The Balaban J connectivity index is 1.42. The van der Waals surface area contributed by atoms with Gasteiger partial charge in [0.1, 0.15) is 0 Å². The van der Waals surface area contributed by atoms with Gasteiger partial charge in [0.05, 0.1) is 17.3 Å². The average Bonchev–Trinajstić information content (AvgIpc) is 3.45. The van der Waals surface area contributed by atoms with Gasteiger partial charge in [-0.1, -0.05) is 149 Å². The van der Waals surface area contributed by atoms with Crippen LogP contribution in [0.5, 0.6) is 0 Å². The quantitative estimate of drug-likeness (QED) is 0.211. The van der Waals surface area contributed by atoms with Gasteiger partial charge in [0.25, 0.3) is 0 Å². The third-order valence-corrected chi connectivity index (χ3v) is 11.8. The number of nitrogens with zero attached hydrogens (tertiary/aromatic N) is 2. The van der Waals surface area contributed by atoms with E-state index in [0.29, 0.717) is 5.92 Å². The largest absolute Gasteiger partial charge is 0.352 e. The van der Waals surface area contributed by atoms with Crippen molar-refractivity contribution in [2.24, 2.45) is 10.9 Å². The number of piperidine rings is 1. The predicted octanol–water partition coefficient (Wildman–Crippen LogP) is 10.00. The van der Waals surface area contributed by atoms with Crippen molar-refractivity contribution in [1.29, 1.82) is 0 Å². The van der Waals surface area contributed by atoms with Crippen LogP contribution in [0.15, 0.2) is 138 Å². The summed E-state index contributed by atoms with van der Waals surface area (Å²) < 4.78 is 0. The highest BCUT2D eigenvalue weighted by Crippen LogP contribution is 2.77. The Bertz CT molecular complexity index is 1950. The van der Waals surface area contributed by atoms with E-state index < -0.39 is 0 Å². The molecule has 3 aliphatic heterocycles. The highest BCUT2D eigenvalue weighted by molar-refractivity contribution is 6.04. The van der Waals surface area contributed by atoms with Gasteiger partial charge in [-0.15, -0.1) is 0 Å². The molecule has 0 N–H and O–H groups in total. The molecule has 5 atom stereocenters. The zero-order chi connectivity index (χ0) is 29.8. The Hall–Kier alpha value is -4.43. The van der Waals surface area contributed by atoms with Gasteiger partial charge in [-0.05, 0) is 45.5 Å². The molecule has 9 rings (SSSR count). The van der Waals surface area contributed by atoms with Crippen molar-refractivity contribution >= 4 is 17.1 Å². The summed E-state index contributed by atoms with van der Waals surface area (Å²) in [6.07, 6.45) is 0. The summed E-state index contributed by atoms with van der Waals surface area (Å²) in [5, 5.41) is 0. The maximum absolute atomic E-state index is 5.61. The molecule has 3 heterocycles. The van der Waals surface area contributed by atoms with Gasteiger partial charge in [0, 0.05) is 40.0 Å². The number of hydrogen-bond donors (Lipinski definition) is 0. The number of anilines is 1. The van der Waals surface area contributed by atoms with Crippen molar-refractivity contribution in [1.82, 2.24) is 0 Å². The monoisotopic (exact) mass is 570 g/mol. The van der Waals surface area contributed by atoms with E-state index in [1.54, 1.807) is 0 Å². The molecule has 5 aromatic rings. The first-order chi connectivity index (χ1) is 21.4. The summed E-state index contributed by atoms with van der Waals surface area (Å²) in [6, 6.07) is 50.2. The Kier molecular flexibility index (Phi) is 5.21. The van der Waals surface area contributed by atoms with Gasteiger partial charge in [-0.2, -0.15) is 0 Å². The van der Waals surface area contributed by atoms with Crippen LogP contribution in [0.2, 0.25) is 0 Å². The standard InChI is InChI=1S/C42H38N2/c1-40(2)31-23-13-15-25-33(31)43-39(40)36-35(27-17-7-5-8-18-27)37-29-21-11-12-22-30(29)42(37)41(3,4)32-24-14-16-26-34(32)44(42)38(36)28-19-9-6-10-20-28/h5-26,35-38H,1-4H3/t35-,36-,37+,38+,42+/m1/s1. The molecule has 1 saturated heterocycles. The van der Waals surface area contributed by atoms with Gasteiger partial charge < -0.3 is 4.90 Å². The molecule has 44 heavy (non-hydrogen) atoms. The lowest BCUT2D eigenvalue weighted by atomic mass is 9.42. The van der Waals surface area contributed by atoms with Gasteiger partial charge in [0.15, 0.2) is 0 Å². The van der Waals surface area contributed by atoms with E-state index in [2.05, 4.69) is 166 Å². The normalized spacial score (nSPS) is 28.1. The molecule has 0 amide bonds. The van der Waals surface area contributed by atoms with Crippen LogP contribution in [0, 0.1) is 5.92 Å². The molecule has 5 aromatic carbocycles. The van der Waals surface area contributed by atoms with Crippen LogP contribution >= 0.6 is 0 Å². The zero-order valence-electron chi connectivity index (χ0n) is 25.9. The van der Waals surface area contributed by atoms with E-state index in [-0.39, 0.29) is 34.2 Å². The van der Waals surface area contributed by atoms with Crippen molar-refractivity contribution in [3.8, 4) is 0 Å². The minimum Gasteiger partial charge on any atom is -0.352 e. The number of rotatable bonds is 3. The summed E-state index contributed by atoms with van der Waals surface area (Å²) >= 11 is 0. The summed E-state index contributed by atoms with van der Waals surface area (Å²) in [7, 11) is 0. The van der Waals surface area contributed by atoms with Crippen LogP contribution in [0.1, 0.15) is 79.0 Å². The fraction of sp³-hybridized carbons (Fsp3) is 0.262. The van der Waals surface area contributed by atoms with E-state index in [1.165, 1.54) is 44.8 Å². The molecule has 0 bridgehead atoms. The number of fused-ring (bicyclic) bond motifs is 5. The van der Waals surface area contributed by atoms with Crippen LogP contribution in [-0.4, -0.2) is 5.71 Å². The van der Waals surface area contributed by atoms with E-state index in [4.69, 9.17) is 4.99 Å². The Morgan fingerprint density at radius 2 is 1.11 bits per heavy atom. The topological polar surface area (TPSA) is 15.6 Å². The molecule has 2 nitrogen and oxygen atoms in total. The molecule has 0 unspecified atom stereocenters. The number of para-hydroxylation sites is 2. The molecule has 1 aliphatic carbocycles. The maximum atomic E-state index is 5.61. The number of benzene rings is 5. The molecule has 1 fully saturated rings. The second kappa shape index (κ2) is 8.82. The summed E-state index contributed by atoms with van der Waals surface area (Å²) in [5.74, 6) is 0.694. The molecular formula is C42H38N2. The van der Waals surface area contributed by atoms with Crippen LogP contribution < -0.4 is 4.90 Å². The SMILES string of the molecule is CC1(C)C([C@@H]2[C@@H](c3ccccc3)[C@@H]3c4ccccc4[C@]34N(c3ccccc3C4(C)C)[C@H]2c2ccccc2)=Nc2ccccc21. The van der Waals surface area contributed by atoms with E-state index >= 15 is 0 Å². The minimum absolute atomic E-state index is 0.0984. The Labute approximate surface area is 261 Å². The third kappa shape index (κ3) is 2.99. The lowest BCUT2D eigenvalue weighted by Gasteiger charge is -2.69. The fourth-order valence-corrected chi connectivity index (χ4v) is 10.1. The summed E-state index contributed by atoms with van der Waals surface area (Å²) in [4.78, 5) is 8.50. The van der Waals surface area contributed by atoms with Crippen molar-refractivity contribution in [3.05, 3.63) is 167 Å². The third-order valence-electron chi connectivity index (χ3n) is 11.8. The van der Waals surface area contributed by atoms with Crippen molar-refractivity contribution in [2.45, 2.75) is 61.9 Å². The lowest BCUT2D eigenvalue weighted by Crippen LogP contribution is -2.70. The fourth-order valence-electron chi connectivity index (χ4n) is 10.1. The lowest BCUT2D eigenvalue weighted by molar-refractivity contribution is 0.0818. The van der Waals surface area contributed by atoms with Crippen LogP contribution in [-0.2, 0) is 16.4 Å². The van der Waals surface area contributed by atoms with Crippen molar-refractivity contribution in [3.63, 3.8) is 0 Å². The maximum Gasteiger partial charge on any atom is 0.0829 e. The molecule has 1 spiro atoms. The Morgan fingerprint density at radius 3 is 1.82 bits per heavy atom. The first-order valence-electron chi connectivity index (χ1n) is 16.1. The second-order valence-corrected chi connectivity index (χ2v) is 14.3. The second-order valence-electron chi connectivity index (χ2n) is 14.3. The van der Waals surface area contributed by atoms with Gasteiger partial charge >= 0.3 is 0 Å². The average molecular weight is 571 g/mol. The Morgan fingerprint density at radius 1 is 0.545 bits per heavy atom. The smallest absolute Gasteiger partial charge is 0.0829 e. The van der Waals surface area contributed by atoms with Crippen molar-refractivity contribution < 1.29 is 0 Å². The molecule has 0 radical (unpaired) electrons. The molecule has 0 saturated carbocycles. The summed E-state index contributed by atoms with van der Waals surface area (Å²) in [6.45, 7) is 9.82. The van der Waals surface area contributed by atoms with E-state index in [0.717, 1.165) is 5.69 Å². The van der Waals surface area contributed by atoms with Gasteiger partial charge in [-0.25, -0.2) is 0 Å². The van der Waals surface area contributed by atoms with Gasteiger partial charge in [-0.3, -0.25) is 4.99 Å². The number of hydrogen-bond acceptors (Lipinski definition) is 2. The number of aliphatic imine (C=N–C) groups is 1. The predicted molar refractivity (Wildman–Crippen MR) is 181 cm³/mol. The zero-order valence-corrected chi connectivity index (χ0v) is 25.9. The van der Waals surface area contributed by atoms with Crippen LogP contribution in [0.4, 0.5) is 11.4 Å². The summed E-state index contributed by atoms with van der Waals surface area (Å²) in [5.41, 5.74) is 11.9. The highest BCUT2D eigenvalue weighted by atomic mass is 15.3. The van der Waals surface area contributed by atoms with Gasteiger partial charge in [0.2, 0.25) is 0 Å². The molecule has 4 aliphatic rings. The molecule has 216 valence electrons. The first-order valence-corrected chi connectivity index (χ1v) is 16.1. The van der Waals surface area contributed by atoms with E-state index in [9.17, 15) is 0 Å².